The maximum absolute atomic E-state index is 15.6. The highest BCUT2D eigenvalue weighted by Gasteiger charge is 2.56. The first kappa shape index (κ1) is 18.3. The Morgan fingerprint density at radius 1 is 1.31 bits per heavy atom. The Kier molecular flexibility index (Phi) is 3.57. The van der Waals surface area contributed by atoms with Crippen molar-refractivity contribution in [2.75, 3.05) is 23.7 Å². The largest absolute Gasteiger partial charge is 0.477 e. The molecule has 1 aromatic carbocycles. The second kappa shape index (κ2) is 5.65. The highest BCUT2D eigenvalue weighted by atomic mass is 19.1. The molecular weight excluding hydrogens is 389 g/mol. The van der Waals surface area contributed by atoms with Crippen molar-refractivity contribution in [3.8, 4) is 0 Å². The number of carbonyl (C=O) groups is 1. The molecule has 1 aliphatic heterocycles. The van der Waals surface area contributed by atoms with Gasteiger partial charge in [-0.15, -0.1) is 0 Å². The lowest BCUT2D eigenvalue weighted by Gasteiger charge is -2.23. The molecule has 7 nitrogen and oxygen atoms in total. The molecule has 29 heavy (non-hydrogen) atoms. The Morgan fingerprint density at radius 3 is 2.48 bits per heavy atom. The molecule has 2 unspecified atom stereocenters. The number of nitrogens with two attached hydrogens (primary N) is 2. The zero-order valence-corrected chi connectivity index (χ0v) is 15.3. The van der Waals surface area contributed by atoms with Crippen LogP contribution in [0.2, 0.25) is 0 Å². The minimum atomic E-state index is -1.57. The van der Waals surface area contributed by atoms with Gasteiger partial charge in [0.1, 0.15) is 17.4 Å². The fraction of sp³-hybridized carbons (Fsp3) is 0.474. The van der Waals surface area contributed by atoms with Crippen LogP contribution in [0.3, 0.4) is 0 Å². The van der Waals surface area contributed by atoms with E-state index < -0.39 is 51.9 Å². The average Bonchev–Trinajstić information content (AvgIpc) is 3.47. The first-order valence-electron chi connectivity index (χ1n) is 9.39. The number of anilines is 2. The Morgan fingerprint density at radius 2 is 1.97 bits per heavy atom. The summed E-state index contributed by atoms with van der Waals surface area (Å²) in [7, 11) is 0. The van der Waals surface area contributed by atoms with Crippen LogP contribution in [-0.2, 0) is 0 Å². The number of carboxylic acids is 1. The van der Waals surface area contributed by atoms with E-state index >= 15 is 8.78 Å². The zero-order valence-electron chi connectivity index (χ0n) is 15.3. The van der Waals surface area contributed by atoms with Crippen LogP contribution in [-0.4, -0.2) is 40.9 Å². The van der Waals surface area contributed by atoms with Gasteiger partial charge in [0.2, 0.25) is 5.43 Å². The van der Waals surface area contributed by atoms with Crippen LogP contribution in [0.4, 0.5) is 24.5 Å². The minimum absolute atomic E-state index is 0.0218. The fourth-order valence-corrected chi connectivity index (χ4v) is 4.62. The summed E-state index contributed by atoms with van der Waals surface area (Å²) in [5, 5.41) is 8.74. The summed E-state index contributed by atoms with van der Waals surface area (Å²) in [6, 6.07) is -0.850. The van der Waals surface area contributed by atoms with Crippen LogP contribution < -0.4 is 21.8 Å². The average molecular weight is 408 g/mol. The van der Waals surface area contributed by atoms with Crippen molar-refractivity contribution in [2.24, 2.45) is 11.1 Å². The van der Waals surface area contributed by atoms with Gasteiger partial charge in [0.25, 0.3) is 0 Å². The number of benzene rings is 1. The van der Waals surface area contributed by atoms with E-state index in [9.17, 15) is 19.1 Å². The van der Waals surface area contributed by atoms with Crippen LogP contribution in [0.15, 0.2) is 11.0 Å². The normalized spacial score (nSPS) is 30.3. The number of rotatable bonds is 3. The number of hydrogen-bond donors (Lipinski definition) is 3. The summed E-state index contributed by atoms with van der Waals surface area (Å²) in [6.45, 7) is 0.735. The molecule has 0 bridgehead atoms. The molecule has 3 fully saturated rings. The van der Waals surface area contributed by atoms with Gasteiger partial charge in [-0.3, -0.25) is 4.79 Å². The van der Waals surface area contributed by atoms with Gasteiger partial charge >= 0.3 is 5.97 Å². The number of aromatic carboxylic acids is 1. The lowest BCUT2D eigenvalue weighted by atomic mass is 10.1. The van der Waals surface area contributed by atoms with E-state index in [0.29, 0.717) is 19.5 Å². The van der Waals surface area contributed by atoms with Crippen molar-refractivity contribution in [3.63, 3.8) is 0 Å². The fourth-order valence-electron chi connectivity index (χ4n) is 4.62. The van der Waals surface area contributed by atoms with Crippen molar-refractivity contribution in [2.45, 2.75) is 37.5 Å². The van der Waals surface area contributed by atoms with Crippen LogP contribution >= 0.6 is 0 Å². The van der Waals surface area contributed by atoms with Crippen molar-refractivity contribution in [1.29, 1.82) is 0 Å². The van der Waals surface area contributed by atoms with Gasteiger partial charge in [-0.25, -0.2) is 18.0 Å². The molecule has 10 heteroatoms. The quantitative estimate of drug-likeness (QED) is 0.667. The second-order valence-corrected chi connectivity index (χ2v) is 8.36. The lowest BCUT2D eigenvalue weighted by molar-refractivity contribution is 0.0694. The van der Waals surface area contributed by atoms with E-state index in [1.807, 2.05) is 0 Å². The molecule has 2 saturated carbocycles. The van der Waals surface area contributed by atoms with Gasteiger partial charge in [0, 0.05) is 37.2 Å². The highest BCUT2D eigenvalue weighted by Crippen LogP contribution is 2.53. The molecule has 1 saturated heterocycles. The van der Waals surface area contributed by atoms with Crippen molar-refractivity contribution in [3.05, 3.63) is 33.6 Å². The van der Waals surface area contributed by atoms with E-state index in [1.165, 1.54) is 4.90 Å². The van der Waals surface area contributed by atoms with Crippen molar-refractivity contribution >= 4 is 28.2 Å². The molecule has 5 N–H and O–H groups in total. The molecule has 0 amide bonds. The van der Waals surface area contributed by atoms with E-state index in [4.69, 9.17) is 11.5 Å². The number of nitrogens with zero attached hydrogens (tertiary/aromatic N) is 2. The predicted octanol–water partition coefficient (Wildman–Crippen LogP) is 1.77. The maximum Gasteiger partial charge on any atom is 0.341 e. The smallest absolute Gasteiger partial charge is 0.341 e. The number of carboxylic acid groups (broad SMARTS) is 1. The summed E-state index contributed by atoms with van der Waals surface area (Å²) >= 11 is 0. The van der Waals surface area contributed by atoms with Crippen LogP contribution in [0.5, 0.6) is 0 Å². The molecule has 4 atom stereocenters. The number of alkyl halides is 1. The summed E-state index contributed by atoms with van der Waals surface area (Å²) in [5.74, 6) is -3.72. The molecule has 5 rings (SSSR count). The number of nitrogen functional groups attached to an aromatic ring is 1. The molecule has 1 spiro atoms. The van der Waals surface area contributed by atoms with Crippen molar-refractivity contribution < 1.29 is 23.1 Å². The van der Waals surface area contributed by atoms with E-state index in [-0.39, 0.29) is 29.1 Å². The molecule has 154 valence electrons. The van der Waals surface area contributed by atoms with Crippen LogP contribution in [0, 0.1) is 17.0 Å². The number of aromatic nitrogens is 1. The standard InChI is InChI=1S/C19H19F3N4O3/c20-8-3-9(8)26-5-7(18(28)29)17(27)11-14(24)12(21)16(13(22)15(11)26)25-2-1-19(6-25)4-10(19)23/h5,8-10H,1-4,6,23-24H2,(H,28,29)/t8-,9+,10?,19?/m0/s1. The third kappa shape index (κ3) is 2.41. The van der Waals surface area contributed by atoms with Crippen LogP contribution in [0.1, 0.15) is 35.7 Å². The molecule has 0 radical (unpaired) electrons. The molecular formula is C19H19F3N4O3. The van der Waals surface area contributed by atoms with Crippen molar-refractivity contribution in [1.82, 2.24) is 4.57 Å². The second-order valence-electron chi connectivity index (χ2n) is 8.36. The predicted molar refractivity (Wildman–Crippen MR) is 99.9 cm³/mol. The first-order chi connectivity index (χ1) is 13.7. The van der Waals surface area contributed by atoms with Gasteiger partial charge in [0.05, 0.1) is 22.6 Å². The number of halogens is 3. The summed E-state index contributed by atoms with van der Waals surface area (Å²) in [6.07, 6.45) is 1.11. The van der Waals surface area contributed by atoms with E-state index in [0.717, 1.165) is 17.2 Å². The summed E-state index contributed by atoms with van der Waals surface area (Å²) in [5.41, 5.74) is 8.50. The molecule has 3 aliphatic rings. The lowest BCUT2D eigenvalue weighted by Crippen LogP contribution is -2.27. The van der Waals surface area contributed by atoms with Gasteiger partial charge in [-0.2, -0.15) is 0 Å². The van der Waals surface area contributed by atoms with Gasteiger partial charge < -0.3 is 26.0 Å². The molecule has 2 aliphatic carbocycles. The van der Waals surface area contributed by atoms with Gasteiger partial charge in [-0.05, 0) is 12.8 Å². The molecule has 1 aromatic heterocycles. The van der Waals surface area contributed by atoms with Gasteiger partial charge in [0.15, 0.2) is 11.6 Å². The van der Waals surface area contributed by atoms with Gasteiger partial charge in [-0.1, -0.05) is 0 Å². The Labute approximate surface area is 162 Å². The molecule has 2 aromatic rings. The Balaban J connectivity index is 1.78. The maximum atomic E-state index is 15.6. The highest BCUT2D eigenvalue weighted by molar-refractivity contribution is 5.99. The summed E-state index contributed by atoms with van der Waals surface area (Å²) < 4.78 is 45.6. The number of pyridine rings is 1. The monoisotopic (exact) mass is 408 g/mol. The summed E-state index contributed by atoms with van der Waals surface area (Å²) in [4.78, 5) is 25.6. The topological polar surface area (TPSA) is 115 Å². The third-order valence-electron chi connectivity index (χ3n) is 6.59. The first-order valence-corrected chi connectivity index (χ1v) is 9.39. The van der Waals surface area contributed by atoms with Crippen LogP contribution in [0.25, 0.3) is 10.9 Å². The third-order valence-corrected chi connectivity index (χ3v) is 6.59. The van der Waals surface area contributed by atoms with E-state index in [1.54, 1.807) is 0 Å². The Bertz CT molecular complexity index is 1150. The SMILES string of the molecule is Nc1c(F)c(N2CCC3(CC3N)C2)c(F)c2c1c(=O)c(C(=O)O)cn2[C@@H]1C[C@@H]1F. The number of hydrogen-bond acceptors (Lipinski definition) is 5. The zero-order chi connectivity index (χ0) is 20.8. The number of fused-ring (bicyclic) bond motifs is 1. The molecule has 2 heterocycles. The van der Waals surface area contributed by atoms with E-state index in [2.05, 4.69) is 0 Å². The Hall–Kier alpha value is -2.75. The minimum Gasteiger partial charge on any atom is -0.477 e.